The van der Waals surface area contributed by atoms with Crippen molar-refractivity contribution in [3.8, 4) is 0 Å². The van der Waals surface area contributed by atoms with E-state index in [4.69, 9.17) is 18.5 Å². The van der Waals surface area contributed by atoms with Gasteiger partial charge in [0, 0.05) is 12.8 Å². The maximum atomic E-state index is 12.9. The first-order valence-corrected chi connectivity index (χ1v) is 36.3. The molecule has 0 radical (unpaired) electrons. The fourth-order valence-corrected chi connectivity index (χ4v) is 11.5. The molecule has 0 saturated carbocycles. The van der Waals surface area contributed by atoms with Crippen LogP contribution in [0.1, 0.15) is 373 Å². The number of hydrogen-bond donors (Lipinski definition) is 1. The van der Waals surface area contributed by atoms with E-state index >= 15 is 0 Å². The summed E-state index contributed by atoms with van der Waals surface area (Å²) in [6.45, 7) is 4.53. The lowest BCUT2D eigenvalue weighted by Gasteiger charge is -2.24. The predicted octanol–water partition coefficient (Wildman–Crippen LogP) is 22.2. The molecular weight excluding hydrogens is 990 g/mol. The average Bonchev–Trinajstić information content (AvgIpc) is 3.41. The summed E-state index contributed by atoms with van der Waals surface area (Å²) < 4.78 is 34.7. The van der Waals surface area contributed by atoms with E-state index in [1.54, 1.807) is 0 Å². The van der Waals surface area contributed by atoms with Crippen molar-refractivity contribution in [3.63, 3.8) is 0 Å². The summed E-state index contributed by atoms with van der Waals surface area (Å²) in [5.74, 6) is -0.768. The first kappa shape index (κ1) is 77.0. The molecule has 2 unspecified atom stereocenters. The summed E-state index contributed by atoms with van der Waals surface area (Å²) in [6.07, 6.45) is 72.1. The molecule has 10 heteroatoms. The van der Waals surface area contributed by atoms with E-state index in [0.29, 0.717) is 17.4 Å². The summed E-state index contributed by atoms with van der Waals surface area (Å²) >= 11 is 0. The Labute approximate surface area is 486 Å². The summed E-state index contributed by atoms with van der Waals surface area (Å²) in [4.78, 5) is 35.8. The van der Waals surface area contributed by atoms with Crippen LogP contribution in [-0.2, 0) is 32.7 Å². The standard InChI is InChI=1S/C68H136NO8P/c1-6-8-10-12-14-16-18-20-22-24-26-28-30-32-33-34-35-36-37-39-41-43-45-47-49-51-53-55-57-59-61-68(71)77-66(65-76-78(72,73)75-63-62-69(3,4)5)64-74-67(70)60-58-56-54-52-50-48-46-44-42-40-38-31-29-27-25-23-21-19-17-15-13-11-9-7-2/h66H,6-65H2,1-5H3/p+1. The van der Waals surface area contributed by atoms with Crippen LogP contribution in [0.2, 0.25) is 0 Å². The Morgan fingerprint density at radius 2 is 0.577 bits per heavy atom. The molecule has 0 aromatic carbocycles. The molecule has 0 heterocycles. The van der Waals surface area contributed by atoms with Crippen LogP contribution >= 0.6 is 7.82 Å². The molecule has 0 aliphatic heterocycles. The monoisotopic (exact) mass is 1130 g/mol. The highest BCUT2D eigenvalue weighted by molar-refractivity contribution is 7.47. The van der Waals surface area contributed by atoms with Crippen molar-refractivity contribution in [2.75, 3.05) is 47.5 Å². The lowest BCUT2D eigenvalue weighted by molar-refractivity contribution is -0.870. The number of nitrogens with zero attached hydrogens (tertiary/aromatic N) is 1. The third-order valence-electron chi connectivity index (χ3n) is 16.1. The quantitative estimate of drug-likeness (QED) is 0.0278. The Hall–Kier alpha value is -0.990. The number of phosphoric acid groups is 1. The number of unbranched alkanes of at least 4 members (excludes halogenated alkanes) is 52. The summed E-state index contributed by atoms with van der Waals surface area (Å²) in [7, 11) is 1.51. The van der Waals surface area contributed by atoms with Crippen molar-refractivity contribution in [3.05, 3.63) is 0 Å². The SMILES string of the molecule is CCCCCCCCCCCCCCCCCCCCCCCCCCCCCCCCC(=O)OC(COC(=O)CCCCCCCCCCCCCCCCCCCCCCCCCC)COP(=O)(O)OCC[N+](C)(C)C. The number of carbonyl (C=O) groups is 2. The van der Waals surface area contributed by atoms with Crippen LogP contribution in [0.3, 0.4) is 0 Å². The molecule has 0 aromatic heterocycles. The Kier molecular flexibility index (Phi) is 59.8. The molecule has 0 saturated heterocycles. The van der Waals surface area contributed by atoms with Crippen molar-refractivity contribution in [1.82, 2.24) is 0 Å². The van der Waals surface area contributed by atoms with Crippen molar-refractivity contribution in [1.29, 1.82) is 0 Å². The van der Waals surface area contributed by atoms with Gasteiger partial charge in [0.1, 0.15) is 19.8 Å². The molecule has 0 rings (SSSR count). The number of likely N-dealkylation sites (N-methyl/N-ethyl adjacent to an activating group) is 1. The number of hydrogen-bond acceptors (Lipinski definition) is 7. The second-order valence-corrected chi connectivity index (χ2v) is 26.7. The maximum Gasteiger partial charge on any atom is 0.472 e. The highest BCUT2D eigenvalue weighted by Gasteiger charge is 2.27. The topological polar surface area (TPSA) is 108 Å². The molecule has 78 heavy (non-hydrogen) atoms. The number of esters is 2. The predicted molar refractivity (Wildman–Crippen MR) is 335 cm³/mol. The fourth-order valence-electron chi connectivity index (χ4n) is 10.8. The van der Waals surface area contributed by atoms with E-state index in [0.717, 1.165) is 38.5 Å². The van der Waals surface area contributed by atoms with E-state index in [-0.39, 0.29) is 25.6 Å². The molecule has 0 aliphatic carbocycles. The summed E-state index contributed by atoms with van der Waals surface area (Å²) in [5, 5.41) is 0. The molecule has 0 bridgehead atoms. The third-order valence-corrected chi connectivity index (χ3v) is 17.1. The van der Waals surface area contributed by atoms with Crippen LogP contribution in [0.5, 0.6) is 0 Å². The van der Waals surface area contributed by atoms with Crippen LogP contribution in [0.15, 0.2) is 0 Å². The van der Waals surface area contributed by atoms with Gasteiger partial charge < -0.3 is 18.9 Å². The van der Waals surface area contributed by atoms with E-state index in [1.165, 1.54) is 308 Å². The van der Waals surface area contributed by atoms with Gasteiger partial charge in [-0.1, -0.05) is 348 Å². The van der Waals surface area contributed by atoms with Crippen LogP contribution in [0, 0.1) is 0 Å². The number of quaternary nitrogens is 1. The Bertz CT molecular complexity index is 1280. The number of phosphoric ester groups is 1. The van der Waals surface area contributed by atoms with Crippen molar-refractivity contribution in [2.24, 2.45) is 0 Å². The van der Waals surface area contributed by atoms with Crippen molar-refractivity contribution >= 4 is 19.8 Å². The van der Waals surface area contributed by atoms with Gasteiger partial charge in [-0.25, -0.2) is 4.57 Å². The lowest BCUT2D eigenvalue weighted by Crippen LogP contribution is -2.37. The zero-order valence-electron chi connectivity index (χ0n) is 53.2. The highest BCUT2D eigenvalue weighted by Crippen LogP contribution is 2.43. The van der Waals surface area contributed by atoms with Gasteiger partial charge in [-0.05, 0) is 12.8 Å². The van der Waals surface area contributed by atoms with E-state index in [9.17, 15) is 19.0 Å². The minimum Gasteiger partial charge on any atom is -0.462 e. The van der Waals surface area contributed by atoms with Crippen LogP contribution < -0.4 is 0 Å². The normalized spacial score (nSPS) is 13.1. The highest BCUT2D eigenvalue weighted by atomic mass is 31.2. The largest absolute Gasteiger partial charge is 0.472 e. The van der Waals surface area contributed by atoms with Gasteiger partial charge in [-0.2, -0.15) is 0 Å². The number of ether oxygens (including phenoxy) is 2. The maximum absolute atomic E-state index is 12.9. The van der Waals surface area contributed by atoms with Crippen molar-refractivity contribution < 1.29 is 42.1 Å². The molecular formula is C68H137NO8P+. The Morgan fingerprint density at radius 3 is 0.821 bits per heavy atom. The molecule has 0 aromatic rings. The molecule has 0 amide bonds. The molecule has 0 aliphatic rings. The summed E-state index contributed by atoms with van der Waals surface area (Å²) in [6, 6.07) is 0. The molecule has 1 N–H and O–H groups in total. The van der Waals surface area contributed by atoms with Crippen LogP contribution in [0.4, 0.5) is 0 Å². The van der Waals surface area contributed by atoms with Gasteiger partial charge in [0.05, 0.1) is 27.7 Å². The number of carbonyl (C=O) groups excluding carboxylic acids is 2. The molecule has 9 nitrogen and oxygen atoms in total. The minimum absolute atomic E-state index is 0.0377. The summed E-state index contributed by atoms with van der Waals surface area (Å²) in [5.41, 5.74) is 0. The number of rotatable bonds is 66. The van der Waals surface area contributed by atoms with E-state index in [1.807, 2.05) is 21.1 Å². The van der Waals surface area contributed by atoms with Crippen LogP contribution in [-0.4, -0.2) is 74.9 Å². The smallest absolute Gasteiger partial charge is 0.462 e. The zero-order chi connectivity index (χ0) is 57.0. The van der Waals surface area contributed by atoms with E-state index < -0.39 is 26.5 Å². The van der Waals surface area contributed by atoms with Gasteiger partial charge in [0.25, 0.3) is 0 Å². The van der Waals surface area contributed by atoms with Gasteiger partial charge in [0.15, 0.2) is 6.10 Å². The first-order valence-electron chi connectivity index (χ1n) is 34.8. The molecule has 466 valence electrons. The molecule has 2 atom stereocenters. The Morgan fingerprint density at radius 1 is 0.346 bits per heavy atom. The average molecular weight is 1130 g/mol. The van der Waals surface area contributed by atoms with Gasteiger partial charge in [0.2, 0.25) is 0 Å². The Balaban J connectivity index is 3.97. The van der Waals surface area contributed by atoms with Gasteiger partial charge >= 0.3 is 19.8 Å². The van der Waals surface area contributed by atoms with Crippen LogP contribution in [0.25, 0.3) is 0 Å². The van der Waals surface area contributed by atoms with E-state index in [2.05, 4.69) is 13.8 Å². The first-order chi connectivity index (χ1) is 38.0. The lowest BCUT2D eigenvalue weighted by atomic mass is 10.0. The third kappa shape index (κ3) is 64.2. The van der Waals surface area contributed by atoms with Crippen molar-refractivity contribution in [2.45, 2.75) is 380 Å². The molecule has 0 fully saturated rings. The fraction of sp³-hybridized carbons (Fsp3) is 0.971. The van der Waals surface area contributed by atoms with Gasteiger partial charge in [-0.3, -0.25) is 18.6 Å². The second kappa shape index (κ2) is 60.6. The van der Waals surface area contributed by atoms with Gasteiger partial charge in [-0.15, -0.1) is 0 Å². The minimum atomic E-state index is -4.38. The molecule has 0 spiro atoms. The zero-order valence-corrected chi connectivity index (χ0v) is 54.1. The second-order valence-electron chi connectivity index (χ2n) is 25.3.